The van der Waals surface area contributed by atoms with Gasteiger partial charge in [-0.3, -0.25) is 0 Å². The molecule has 0 atom stereocenters. The Morgan fingerprint density at radius 3 is 2.44 bits per heavy atom. The smallest absolute Gasteiger partial charge is 0.342 e. The van der Waals surface area contributed by atoms with E-state index in [9.17, 15) is 0 Å². The van der Waals surface area contributed by atoms with Crippen LogP contribution in [0.3, 0.4) is 0 Å². The van der Waals surface area contributed by atoms with Crippen LogP contribution in [0.15, 0.2) is 42.3 Å². The van der Waals surface area contributed by atoms with E-state index in [1.165, 1.54) is 5.56 Å². The van der Waals surface area contributed by atoms with Gasteiger partial charge in [0.1, 0.15) is 0 Å². The summed E-state index contributed by atoms with van der Waals surface area (Å²) in [7, 11) is 1.47. The van der Waals surface area contributed by atoms with Gasteiger partial charge in [0, 0.05) is 20.3 Å². The molecule has 2 nitrogen and oxygen atoms in total. The Bertz CT molecular complexity index is 339. The second-order valence-corrected chi connectivity index (χ2v) is 8.69. The Hall–Kier alpha value is -0.553. The first-order chi connectivity index (χ1) is 8.76. The van der Waals surface area contributed by atoms with Crippen LogP contribution >= 0.6 is 11.8 Å². The number of hydrogen-bond donors (Lipinski definition) is 0. The second-order valence-electron chi connectivity index (χ2n) is 4.12. The lowest BCUT2D eigenvalue weighted by Gasteiger charge is -2.27. The Morgan fingerprint density at radius 2 is 1.89 bits per heavy atom. The van der Waals surface area contributed by atoms with E-state index in [-0.39, 0.29) is 0 Å². The summed E-state index contributed by atoms with van der Waals surface area (Å²) in [6, 6.07) is 12.4. The van der Waals surface area contributed by atoms with Gasteiger partial charge in [0.25, 0.3) is 0 Å². The second kappa shape index (κ2) is 8.53. The van der Waals surface area contributed by atoms with Crippen molar-refractivity contribution in [3.63, 3.8) is 0 Å². The van der Waals surface area contributed by atoms with Gasteiger partial charge in [-0.05, 0) is 29.2 Å². The van der Waals surface area contributed by atoms with Gasteiger partial charge >= 0.3 is 8.56 Å². The molecule has 100 valence electrons. The van der Waals surface area contributed by atoms with E-state index in [4.69, 9.17) is 8.85 Å². The molecule has 0 aliphatic heterocycles. The highest BCUT2D eigenvalue weighted by Crippen LogP contribution is 2.21. The average Bonchev–Trinajstić information content (AvgIpc) is 2.43. The van der Waals surface area contributed by atoms with Crippen LogP contribution in [0.1, 0.15) is 12.0 Å². The molecule has 0 unspecified atom stereocenters. The summed E-state index contributed by atoms with van der Waals surface area (Å²) in [5.74, 6) is 1.08. The van der Waals surface area contributed by atoms with Crippen LogP contribution in [-0.2, 0) is 14.9 Å². The molecule has 0 N–H and O–H groups in total. The summed E-state index contributed by atoms with van der Waals surface area (Å²) >= 11 is 1.75. The maximum atomic E-state index is 5.75. The standard InChI is InChI=1S/C14H22O2SSi/c1-4-17-11-8-12-18(15-2,16-3)13-14-9-6-5-7-10-14/h4-7,9-10H,1,8,11-13H2,2-3H3. The quantitative estimate of drug-likeness (QED) is 0.507. The molecule has 0 spiro atoms. The molecule has 0 amide bonds. The van der Waals surface area contributed by atoms with Gasteiger partial charge in [-0.2, -0.15) is 0 Å². The minimum atomic E-state index is -2.08. The van der Waals surface area contributed by atoms with Gasteiger partial charge in [-0.1, -0.05) is 36.9 Å². The van der Waals surface area contributed by atoms with Crippen LogP contribution in [0.25, 0.3) is 0 Å². The third kappa shape index (κ3) is 4.98. The van der Waals surface area contributed by atoms with Crippen molar-refractivity contribution in [1.29, 1.82) is 0 Å². The molecule has 0 fully saturated rings. The maximum absolute atomic E-state index is 5.75. The summed E-state index contributed by atoms with van der Waals surface area (Å²) in [5.41, 5.74) is 1.30. The number of hydrogen-bond acceptors (Lipinski definition) is 3. The number of thioether (sulfide) groups is 1. The van der Waals surface area contributed by atoms with E-state index >= 15 is 0 Å². The molecule has 0 saturated heterocycles. The Balaban J connectivity index is 2.59. The van der Waals surface area contributed by atoms with Crippen LogP contribution in [0.2, 0.25) is 6.04 Å². The molecule has 18 heavy (non-hydrogen) atoms. The maximum Gasteiger partial charge on any atom is 0.342 e. The highest BCUT2D eigenvalue weighted by atomic mass is 32.2. The zero-order valence-corrected chi connectivity index (χ0v) is 13.0. The highest BCUT2D eigenvalue weighted by Gasteiger charge is 2.34. The molecule has 4 heteroatoms. The third-order valence-corrected chi connectivity index (χ3v) is 7.31. The molecule has 1 aromatic rings. The van der Waals surface area contributed by atoms with Crippen molar-refractivity contribution in [2.75, 3.05) is 20.0 Å². The summed E-state index contributed by atoms with van der Waals surface area (Å²) in [6.45, 7) is 3.71. The SMILES string of the molecule is C=CSCCC[Si](Cc1ccccc1)(OC)OC. The van der Waals surface area contributed by atoms with E-state index in [0.29, 0.717) is 0 Å². The van der Waals surface area contributed by atoms with Crippen LogP contribution in [0, 0.1) is 0 Å². The predicted molar refractivity (Wildman–Crippen MR) is 82.0 cm³/mol. The van der Waals surface area contributed by atoms with Crippen molar-refractivity contribution in [1.82, 2.24) is 0 Å². The fraction of sp³-hybridized carbons (Fsp3) is 0.429. The summed E-state index contributed by atoms with van der Waals surface area (Å²) in [6.07, 6.45) is 1.11. The Labute approximate surface area is 116 Å². The monoisotopic (exact) mass is 282 g/mol. The van der Waals surface area contributed by atoms with Crippen molar-refractivity contribution in [2.24, 2.45) is 0 Å². The first-order valence-corrected chi connectivity index (χ1v) is 9.41. The van der Waals surface area contributed by atoms with Crippen molar-refractivity contribution >= 4 is 20.3 Å². The molecule has 0 aliphatic carbocycles. The zero-order chi connectivity index (χ0) is 13.3. The first-order valence-electron chi connectivity index (χ1n) is 6.13. The molecule has 0 radical (unpaired) electrons. The van der Waals surface area contributed by atoms with Crippen molar-refractivity contribution in [2.45, 2.75) is 18.5 Å². The fourth-order valence-electron chi connectivity index (χ4n) is 1.94. The van der Waals surface area contributed by atoms with Gasteiger partial charge in [0.15, 0.2) is 0 Å². The lowest BCUT2D eigenvalue weighted by molar-refractivity contribution is 0.240. The molecule has 0 bridgehead atoms. The summed E-state index contributed by atoms with van der Waals surface area (Å²) < 4.78 is 11.5. The third-order valence-electron chi connectivity index (χ3n) is 3.00. The van der Waals surface area contributed by atoms with Gasteiger partial charge < -0.3 is 8.85 Å². The Kier molecular flexibility index (Phi) is 7.35. The van der Waals surface area contributed by atoms with E-state index in [0.717, 1.165) is 24.3 Å². The molecule has 1 aromatic carbocycles. The van der Waals surface area contributed by atoms with E-state index in [1.807, 2.05) is 11.5 Å². The van der Waals surface area contributed by atoms with Gasteiger partial charge in [0.2, 0.25) is 0 Å². The van der Waals surface area contributed by atoms with Crippen LogP contribution in [-0.4, -0.2) is 28.5 Å². The molecule has 0 aliphatic rings. The molecule has 1 rings (SSSR count). The number of rotatable bonds is 9. The van der Waals surface area contributed by atoms with E-state index in [2.05, 4.69) is 30.8 Å². The molecular weight excluding hydrogens is 260 g/mol. The van der Waals surface area contributed by atoms with Gasteiger partial charge in [0.05, 0.1) is 0 Å². The fourth-order valence-corrected chi connectivity index (χ4v) is 5.28. The molecule has 0 heterocycles. The summed E-state index contributed by atoms with van der Waals surface area (Å²) in [4.78, 5) is 0. The number of benzene rings is 1. The van der Waals surface area contributed by atoms with Crippen LogP contribution in [0.4, 0.5) is 0 Å². The van der Waals surface area contributed by atoms with E-state index in [1.54, 1.807) is 26.0 Å². The lowest BCUT2D eigenvalue weighted by Crippen LogP contribution is -2.43. The van der Waals surface area contributed by atoms with Gasteiger partial charge in [-0.15, -0.1) is 11.8 Å². The average molecular weight is 282 g/mol. The van der Waals surface area contributed by atoms with E-state index < -0.39 is 8.56 Å². The van der Waals surface area contributed by atoms with Gasteiger partial charge in [-0.25, -0.2) is 0 Å². The minimum absolute atomic E-state index is 0.916. The topological polar surface area (TPSA) is 18.5 Å². The van der Waals surface area contributed by atoms with Crippen molar-refractivity contribution in [3.8, 4) is 0 Å². The van der Waals surface area contributed by atoms with Crippen LogP contribution < -0.4 is 0 Å². The van der Waals surface area contributed by atoms with Crippen molar-refractivity contribution < 1.29 is 8.85 Å². The first kappa shape index (κ1) is 15.5. The minimum Gasteiger partial charge on any atom is -0.397 e. The van der Waals surface area contributed by atoms with Crippen LogP contribution in [0.5, 0.6) is 0 Å². The molecule has 0 aromatic heterocycles. The molecule has 0 saturated carbocycles. The zero-order valence-electron chi connectivity index (χ0n) is 11.2. The normalized spacial score (nSPS) is 11.4. The summed E-state index contributed by atoms with van der Waals surface area (Å²) in [5, 5.41) is 1.89. The lowest BCUT2D eigenvalue weighted by atomic mass is 10.2. The van der Waals surface area contributed by atoms with Crippen molar-refractivity contribution in [3.05, 3.63) is 47.9 Å². The highest BCUT2D eigenvalue weighted by molar-refractivity contribution is 8.02. The Morgan fingerprint density at radius 1 is 1.22 bits per heavy atom. The largest absolute Gasteiger partial charge is 0.397 e. The predicted octanol–water partition coefficient (Wildman–Crippen LogP) is 3.77. The molecular formula is C14H22O2SSi.